The van der Waals surface area contributed by atoms with Crippen LogP contribution in [0.2, 0.25) is 5.02 Å². The molecule has 0 radical (unpaired) electrons. The summed E-state index contributed by atoms with van der Waals surface area (Å²) in [5.41, 5.74) is 1.19. The van der Waals surface area contributed by atoms with E-state index in [1.165, 1.54) is 5.56 Å². The Morgan fingerprint density at radius 3 is 3.00 bits per heavy atom. The molecule has 1 aromatic rings. The monoisotopic (exact) mass is 212 g/mol. The summed E-state index contributed by atoms with van der Waals surface area (Å²) in [7, 11) is 0. The Labute approximate surface area is 90.7 Å². The van der Waals surface area contributed by atoms with Gasteiger partial charge in [-0.25, -0.2) is 0 Å². The standard InChI is InChI=1S/C11H17ClN2/c1-3-13-7-9(2)6-10-4-5-14-8-11(10)12/h4-5,8-9,13H,3,6-7H2,1-2H3. The molecule has 1 heterocycles. The molecule has 1 atom stereocenters. The van der Waals surface area contributed by atoms with Crippen molar-refractivity contribution in [1.82, 2.24) is 10.3 Å². The van der Waals surface area contributed by atoms with Crippen LogP contribution in [0.3, 0.4) is 0 Å². The van der Waals surface area contributed by atoms with Crippen molar-refractivity contribution in [3.63, 3.8) is 0 Å². The zero-order valence-electron chi connectivity index (χ0n) is 8.76. The van der Waals surface area contributed by atoms with E-state index in [4.69, 9.17) is 11.6 Å². The number of rotatable bonds is 5. The van der Waals surface area contributed by atoms with Gasteiger partial charge < -0.3 is 5.32 Å². The summed E-state index contributed by atoms with van der Waals surface area (Å²) in [5.74, 6) is 0.606. The highest BCUT2D eigenvalue weighted by molar-refractivity contribution is 6.31. The largest absolute Gasteiger partial charge is 0.317 e. The molecular formula is C11H17ClN2. The molecular weight excluding hydrogens is 196 g/mol. The molecule has 0 amide bonds. The van der Waals surface area contributed by atoms with Crippen molar-refractivity contribution >= 4 is 11.6 Å². The smallest absolute Gasteiger partial charge is 0.0621 e. The number of pyridine rings is 1. The van der Waals surface area contributed by atoms with E-state index in [1.807, 2.05) is 6.07 Å². The number of hydrogen-bond acceptors (Lipinski definition) is 2. The lowest BCUT2D eigenvalue weighted by molar-refractivity contribution is 0.521. The molecule has 0 aromatic carbocycles. The highest BCUT2D eigenvalue weighted by atomic mass is 35.5. The van der Waals surface area contributed by atoms with Crippen molar-refractivity contribution in [2.75, 3.05) is 13.1 Å². The van der Waals surface area contributed by atoms with Crippen molar-refractivity contribution in [3.8, 4) is 0 Å². The van der Waals surface area contributed by atoms with Gasteiger partial charge in [-0.1, -0.05) is 25.4 Å². The first-order valence-electron chi connectivity index (χ1n) is 5.03. The molecule has 0 aliphatic rings. The molecule has 0 aliphatic carbocycles. The molecule has 2 nitrogen and oxygen atoms in total. The first kappa shape index (κ1) is 11.5. The molecule has 0 saturated heterocycles. The Balaban J connectivity index is 2.47. The van der Waals surface area contributed by atoms with Crippen LogP contribution in [0.1, 0.15) is 19.4 Å². The fourth-order valence-electron chi connectivity index (χ4n) is 1.41. The maximum absolute atomic E-state index is 6.02. The van der Waals surface area contributed by atoms with Crippen LogP contribution >= 0.6 is 11.6 Å². The van der Waals surface area contributed by atoms with Crippen molar-refractivity contribution in [2.24, 2.45) is 5.92 Å². The number of aromatic nitrogens is 1. The van der Waals surface area contributed by atoms with Crippen LogP contribution < -0.4 is 5.32 Å². The minimum Gasteiger partial charge on any atom is -0.317 e. The van der Waals surface area contributed by atoms with Crippen LogP contribution in [0.4, 0.5) is 0 Å². The third-order valence-corrected chi connectivity index (χ3v) is 2.51. The van der Waals surface area contributed by atoms with Crippen LogP contribution in [0.5, 0.6) is 0 Å². The van der Waals surface area contributed by atoms with Gasteiger partial charge in [0.1, 0.15) is 0 Å². The molecule has 0 fully saturated rings. The van der Waals surface area contributed by atoms with Crippen LogP contribution in [-0.4, -0.2) is 18.1 Å². The van der Waals surface area contributed by atoms with Gasteiger partial charge in [0.05, 0.1) is 5.02 Å². The third kappa shape index (κ3) is 3.64. The van der Waals surface area contributed by atoms with Gasteiger partial charge in [-0.3, -0.25) is 4.98 Å². The van der Waals surface area contributed by atoms with E-state index in [-0.39, 0.29) is 0 Å². The lowest BCUT2D eigenvalue weighted by atomic mass is 10.0. The van der Waals surface area contributed by atoms with E-state index >= 15 is 0 Å². The zero-order valence-corrected chi connectivity index (χ0v) is 9.51. The Kier molecular flexibility index (Phi) is 4.91. The second kappa shape index (κ2) is 5.99. The van der Waals surface area contributed by atoms with Gasteiger partial charge in [0.15, 0.2) is 0 Å². The first-order valence-corrected chi connectivity index (χ1v) is 5.41. The maximum Gasteiger partial charge on any atom is 0.0621 e. The Hall–Kier alpha value is -0.600. The van der Waals surface area contributed by atoms with Crippen molar-refractivity contribution < 1.29 is 0 Å². The fraction of sp³-hybridized carbons (Fsp3) is 0.545. The van der Waals surface area contributed by atoms with E-state index in [9.17, 15) is 0 Å². The molecule has 14 heavy (non-hydrogen) atoms. The average Bonchev–Trinajstić information content (AvgIpc) is 2.18. The molecule has 1 rings (SSSR count). The molecule has 1 N–H and O–H groups in total. The van der Waals surface area contributed by atoms with Gasteiger partial charge >= 0.3 is 0 Å². The number of halogens is 1. The molecule has 0 aliphatic heterocycles. The quantitative estimate of drug-likeness (QED) is 0.812. The third-order valence-electron chi connectivity index (χ3n) is 2.17. The predicted molar refractivity (Wildman–Crippen MR) is 60.7 cm³/mol. The van der Waals surface area contributed by atoms with Crippen LogP contribution in [-0.2, 0) is 6.42 Å². The summed E-state index contributed by atoms with van der Waals surface area (Å²) in [4.78, 5) is 3.97. The maximum atomic E-state index is 6.02. The first-order chi connectivity index (χ1) is 6.74. The number of nitrogens with one attached hydrogen (secondary N) is 1. The van der Waals surface area contributed by atoms with Crippen molar-refractivity contribution in [1.29, 1.82) is 0 Å². The van der Waals surface area contributed by atoms with Gasteiger partial charge in [-0.2, -0.15) is 0 Å². The molecule has 0 saturated carbocycles. The van der Waals surface area contributed by atoms with Gasteiger partial charge in [0.25, 0.3) is 0 Å². The highest BCUT2D eigenvalue weighted by Crippen LogP contribution is 2.17. The van der Waals surface area contributed by atoms with Crippen LogP contribution in [0.25, 0.3) is 0 Å². The molecule has 0 spiro atoms. The van der Waals surface area contributed by atoms with E-state index in [2.05, 4.69) is 24.1 Å². The Bertz CT molecular complexity index is 276. The van der Waals surface area contributed by atoms with Crippen LogP contribution in [0.15, 0.2) is 18.5 Å². The molecule has 3 heteroatoms. The van der Waals surface area contributed by atoms with Gasteiger partial charge in [-0.15, -0.1) is 0 Å². The van der Waals surface area contributed by atoms with E-state index in [0.29, 0.717) is 5.92 Å². The predicted octanol–water partition coefficient (Wildman–Crippen LogP) is 2.52. The number of nitrogens with zero attached hydrogens (tertiary/aromatic N) is 1. The highest BCUT2D eigenvalue weighted by Gasteiger charge is 2.05. The van der Waals surface area contributed by atoms with E-state index in [0.717, 1.165) is 24.5 Å². The molecule has 78 valence electrons. The molecule has 0 bridgehead atoms. The Morgan fingerprint density at radius 1 is 1.57 bits per heavy atom. The zero-order chi connectivity index (χ0) is 10.4. The van der Waals surface area contributed by atoms with Gasteiger partial charge in [0.2, 0.25) is 0 Å². The molecule has 1 unspecified atom stereocenters. The Morgan fingerprint density at radius 2 is 2.36 bits per heavy atom. The lowest BCUT2D eigenvalue weighted by Gasteiger charge is -2.12. The van der Waals surface area contributed by atoms with E-state index < -0.39 is 0 Å². The molecule has 1 aromatic heterocycles. The van der Waals surface area contributed by atoms with Crippen molar-refractivity contribution in [2.45, 2.75) is 20.3 Å². The van der Waals surface area contributed by atoms with Gasteiger partial charge in [-0.05, 0) is 37.1 Å². The normalized spacial score (nSPS) is 12.8. The minimum absolute atomic E-state index is 0.606. The SMILES string of the molecule is CCNCC(C)Cc1ccncc1Cl. The van der Waals surface area contributed by atoms with Gasteiger partial charge in [0, 0.05) is 12.4 Å². The summed E-state index contributed by atoms with van der Waals surface area (Å²) in [5, 5.41) is 4.10. The van der Waals surface area contributed by atoms with E-state index in [1.54, 1.807) is 12.4 Å². The summed E-state index contributed by atoms with van der Waals surface area (Å²) in [6.07, 6.45) is 4.51. The summed E-state index contributed by atoms with van der Waals surface area (Å²) >= 11 is 6.02. The minimum atomic E-state index is 0.606. The van der Waals surface area contributed by atoms with Crippen LogP contribution in [0, 0.1) is 5.92 Å². The average molecular weight is 213 g/mol. The fourth-order valence-corrected chi connectivity index (χ4v) is 1.60. The summed E-state index contributed by atoms with van der Waals surface area (Å²) in [6.45, 7) is 6.40. The second-order valence-electron chi connectivity index (χ2n) is 3.58. The lowest BCUT2D eigenvalue weighted by Crippen LogP contribution is -2.21. The van der Waals surface area contributed by atoms with Crippen molar-refractivity contribution in [3.05, 3.63) is 29.0 Å². The summed E-state index contributed by atoms with van der Waals surface area (Å²) < 4.78 is 0. The summed E-state index contributed by atoms with van der Waals surface area (Å²) in [6, 6.07) is 1.99. The number of hydrogen-bond donors (Lipinski definition) is 1. The topological polar surface area (TPSA) is 24.9 Å². The second-order valence-corrected chi connectivity index (χ2v) is 3.99.